The second kappa shape index (κ2) is 6.59. The van der Waals surface area contributed by atoms with Crippen molar-refractivity contribution in [2.45, 2.75) is 19.8 Å². The Morgan fingerprint density at radius 1 is 1.48 bits per heavy atom. The van der Waals surface area contributed by atoms with Gasteiger partial charge in [0.25, 0.3) is 0 Å². The Balaban J connectivity index is 1.68. The number of likely N-dealkylation sites (tertiary alicyclic amines) is 1. The number of rotatable bonds is 4. The molecule has 2 aromatic rings. The molecule has 23 heavy (non-hydrogen) atoms. The molecule has 1 amide bonds. The zero-order chi connectivity index (χ0) is 16.4. The van der Waals surface area contributed by atoms with Gasteiger partial charge in [0, 0.05) is 29.4 Å². The summed E-state index contributed by atoms with van der Waals surface area (Å²) in [6, 6.07) is 7.58. The first-order valence-corrected chi connectivity index (χ1v) is 8.84. The Morgan fingerprint density at radius 2 is 2.26 bits per heavy atom. The summed E-state index contributed by atoms with van der Waals surface area (Å²) in [4.78, 5) is 18.8. The van der Waals surface area contributed by atoms with Gasteiger partial charge in [0.1, 0.15) is 5.01 Å². The molecule has 1 aliphatic heterocycles. The quantitative estimate of drug-likeness (QED) is 0.921. The van der Waals surface area contributed by atoms with Crippen molar-refractivity contribution in [2.24, 2.45) is 5.41 Å². The second-order valence-electron chi connectivity index (χ2n) is 6.33. The van der Waals surface area contributed by atoms with Crippen LogP contribution in [0, 0.1) is 5.41 Å². The molecule has 1 N–H and O–H groups in total. The highest BCUT2D eigenvalue weighted by Crippen LogP contribution is 2.31. The fraction of sp³-hybridized carbons (Fsp3) is 0.412. The average Bonchev–Trinajstić information content (AvgIpc) is 3.15. The van der Waals surface area contributed by atoms with Gasteiger partial charge in [0.15, 0.2) is 0 Å². The predicted octanol–water partition coefficient (Wildman–Crippen LogP) is 3.24. The van der Waals surface area contributed by atoms with Gasteiger partial charge in [-0.15, -0.1) is 11.3 Å². The molecule has 1 saturated heterocycles. The molecule has 0 aliphatic carbocycles. The third-order valence-electron chi connectivity index (χ3n) is 4.28. The molecule has 0 unspecified atom stereocenters. The number of aliphatic hydroxyl groups excluding tert-OH is 1. The SMILES string of the molecule is C[C@@]1(CO)CCN(C(=O)Cc2csc(-c3ccccc3Cl)n2)C1. The van der Waals surface area contributed by atoms with Gasteiger partial charge in [-0.3, -0.25) is 4.79 Å². The van der Waals surface area contributed by atoms with Crippen LogP contribution in [0.2, 0.25) is 5.02 Å². The van der Waals surface area contributed by atoms with Crippen LogP contribution < -0.4 is 0 Å². The van der Waals surface area contributed by atoms with Gasteiger partial charge in [-0.05, 0) is 12.5 Å². The Hall–Kier alpha value is -1.43. The number of hydrogen-bond acceptors (Lipinski definition) is 4. The second-order valence-corrected chi connectivity index (χ2v) is 7.60. The zero-order valence-corrected chi connectivity index (χ0v) is 14.5. The molecule has 0 saturated carbocycles. The highest BCUT2D eigenvalue weighted by atomic mass is 35.5. The Kier molecular flexibility index (Phi) is 4.71. The number of nitrogens with zero attached hydrogens (tertiary/aromatic N) is 2. The lowest BCUT2D eigenvalue weighted by Crippen LogP contribution is -2.33. The molecule has 1 aliphatic rings. The Labute approximate surface area is 144 Å². The van der Waals surface area contributed by atoms with Crippen LogP contribution in [0.1, 0.15) is 19.0 Å². The van der Waals surface area contributed by atoms with E-state index in [1.165, 1.54) is 11.3 Å². The minimum atomic E-state index is -0.166. The lowest BCUT2D eigenvalue weighted by atomic mass is 9.91. The number of aliphatic hydroxyl groups is 1. The van der Waals surface area contributed by atoms with Crippen molar-refractivity contribution >= 4 is 28.8 Å². The molecule has 1 aromatic heterocycles. The molecule has 6 heteroatoms. The van der Waals surface area contributed by atoms with E-state index >= 15 is 0 Å². The monoisotopic (exact) mass is 350 g/mol. The lowest BCUT2D eigenvalue weighted by molar-refractivity contribution is -0.129. The minimum Gasteiger partial charge on any atom is -0.396 e. The van der Waals surface area contributed by atoms with Crippen LogP contribution in [0.5, 0.6) is 0 Å². The van der Waals surface area contributed by atoms with Gasteiger partial charge >= 0.3 is 0 Å². The zero-order valence-electron chi connectivity index (χ0n) is 13.0. The van der Waals surface area contributed by atoms with Crippen LogP contribution in [0.25, 0.3) is 10.6 Å². The first kappa shape index (κ1) is 16.4. The van der Waals surface area contributed by atoms with Gasteiger partial charge in [-0.1, -0.05) is 36.7 Å². The third-order valence-corrected chi connectivity index (χ3v) is 5.53. The predicted molar refractivity (Wildman–Crippen MR) is 92.7 cm³/mol. The summed E-state index contributed by atoms with van der Waals surface area (Å²) in [6.45, 7) is 3.45. The number of amides is 1. The Morgan fingerprint density at radius 3 is 2.96 bits per heavy atom. The fourth-order valence-corrected chi connectivity index (χ4v) is 3.92. The van der Waals surface area contributed by atoms with Crippen molar-refractivity contribution in [3.63, 3.8) is 0 Å². The summed E-state index contributed by atoms with van der Waals surface area (Å²) in [7, 11) is 0. The number of thiazole rings is 1. The summed E-state index contributed by atoms with van der Waals surface area (Å²) >= 11 is 7.69. The van der Waals surface area contributed by atoms with E-state index in [0.717, 1.165) is 22.7 Å². The van der Waals surface area contributed by atoms with Crippen molar-refractivity contribution in [1.82, 2.24) is 9.88 Å². The number of halogens is 1. The fourth-order valence-electron chi connectivity index (χ4n) is 2.78. The van der Waals surface area contributed by atoms with E-state index in [1.54, 1.807) is 0 Å². The smallest absolute Gasteiger partial charge is 0.228 e. The van der Waals surface area contributed by atoms with E-state index in [0.29, 0.717) is 24.5 Å². The number of carbonyl (C=O) groups is 1. The Bertz CT molecular complexity index is 718. The molecular weight excluding hydrogens is 332 g/mol. The van der Waals surface area contributed by atoms with Crippen LogP contribution in [-0.2, 0) is 11.2 Å². The van der Waals surface area contributed by atoms with E-state index < -0.39 is 0 Å². The molecule has 2 heterocycles. The van der Waals surface area contributed by atoms with Crippen LogP contribution in [-0.4, -0.2) is 40.6 Å². The molecule has 0 bridgehead atoms. The molecule has 1 aromatic carbocycles. The van der Waals surface area contributed by atoms with Gasteiger partial charge in [0.2, 0.25) is 5.91 Å². The molecule has 1 fully saturated rings. The summed E-state index contributed by atoms with van der Waals surface area (Å²) in [5.41, 5.74) is 1.50. The number of carbonyl (C=O) groups excluding carboxylic acids is 1. The van der Waals surface area contributed by atoms with Crippen LogP contribution >= 0.6 is 22.9 Å². The summed E-state index contributed by atoms with van der Waals surface area (Å²) in [5, 5.41) is 12.8. The van der Waals surface area contributed by atoms with E-state index in [2.05, 4.69) is 4.98 Å². The number of benzene rings is 1. The molecular formula is C17H19ClN2O2S. The van der Waals surface area contributed by atoms with E-state index in [-0.39, 0.29) is 17.9 Å². The summed E-state index contributed by atoms with van der Waals surface area (Å²) in [6.07, 6.45) is 1.14. The first-order chi connectivity index (χ1) is 11.0. The largest absolute Gasteiger partial charge is 0.396 e. The third kappa shape index (κ3) is 3.57. The normalized spacial score (nSPS) is 20.9. The maximum absolute atomic E-state index is 12.4. The highest BCUT2D eigenvalue weighted by molar-refractivity contribution is 7.13. The topological polar surface area (TPSA) is 53.4 Å². The van der Waals surface area contributed by atoms with E-state index in [1.807, 2.05) is 41.5 Å². The minimum absolute atomic E-state index is 0.0678. The van der Waals surface area contributed by atoms with Crippen LogP contribution in [0.4, 0.5) is 0 Å². The van der Waals surface area contributed by atoms with E-state index in [4.69, 9.17) is 11.6 Å². The van der Waals surface area contributed by atoms with Gasteiger partial charge < -0.3 is 10.0 Å². The maximum Gasteiger partial charge on any atom is 0.228 e. The maximum atomic E-state index is 12.4. The van der Waals surface area contributed by atoms with Gasteiger partial charge in [-0.25, -0.2) is 4.98 Å². The lowest BCUT2D eigenvalue weighted by Gasteiger charge is -2.21. The van der Waals surface area contributed by atoms with E-state index in [9.17, 15) is 9.90 Å². The first-order valence-electron chi connectivity index (χ1n) is 7.59. The number of aromatic nitrogens is 1. The number of hydrogen-bond donors (Lipinski definition) is 1. The molecule has 122 valence electrons. The van der Waals surface area contributed by atoms with Crippen LogP contribution in [0.3, 0.4) is 0 Å². The summed E-state index contributed by atoms with van der Waals surface area (Å²) < 4.78 is 0. The van der Waals surface area contributed by atoms with Gasteiger partial charge in [-0.2, -0.15) is 0 Å². The van der Waals surface area contributed by atoms with Crippen molar-refractivity contribution in [1.29, 1.82) is 0 Å². The van der Waals surface area contributed by atoms with Crippen molar-refractivity contribution in [2.75, 3.05) is 19.7 Å². The molecule has 0 spiro atoms. The van der Waals surface area contributed by atoms with Crippen molar-refractivity contribution in [3.8, 4) is 10.6 Å². The van der Waals surface area contributed by atoms with Gasteiger partial charge in [0.05, 0.1) is 23.7 Å². The van der Waals surface area contributed by atoms with Crippen LogP contribution in [0.15, 0.2) is 29.6 Å². The molecule has 3 rings (SSSR count). The average molecular weight is 351 g/mol. The molecule has 1 atom stereocenters. The summed E-state index contributed by atoms with van der Waals surface area (Å²) in [5.74, 6) is 0.0678. The molecule has 4 nitrogen and oxygen atoms in total. The van der Waals surface area contributed by atoms with Crippen molar-refractivity contribution in [3.05, 3.63) is 40.4 Å². The standard InChI is InChI=1S/C17H19ClN2O2S/c1-17(11-21)6-7-20(10-17)15(22)8-12-9-23-16(19-12)13-4-2-3-5-14(13)18/h2-5,9,21H,6-8,10-11H2,1H3/t17-/m1/s1. The van der Waals surface area contributed by atoms with Crippen molar-refractivity contribution < 1.29 is 9.90 Å². The molecule has 0 radical (unpaired) electrons. The highest BCUT2D eigenvalue weighted by Gasteiger charge is 2.35.